The smallest absolute Gasteiger partial charge is 0.226 e. The number of fused-ring (bicyclic) bond motifs is 3. The summed E-state index contributed by atoms with van der Waals surface area (Å²) in [6.07, 6.45) is 2.82. The minimum atomic E-state index is -0.243. The van der Waals surface area contributed by atoms with Crippen molar-refractivity contribution in [3.63, 3.8) is 0 Å². The zero-order valence-electron chi connectivity index (χ0n) is 11.1. The zero-order valence-corrected chi connectivity index (χ0v) is 11.9. The van der Waals surface area contributed by atoms with Crippen molar-refractivity contribution in [2.75, 3.05) is 0 Å². The van der Waals surface area contributed by atoms with E-state index in [9.17, 15) is 4.79 Å². The molecule has 6 heteroatoms. The van der Waals surface area contributed by atoms with Crippen molar-refractivity contribution in [1.82, 2.24) is 4.98 Å². The maximum atomic E-state index is 11.6. The van der Waals surface area contributed by atoms with Crippen LogP contribution in [0.1, 0.15) is 30.0 Å². The van der Waals surface area contributed by atoms with Gasteiger partial charge in [0.05, 0.1) is 5.92 Å². The summed E-state index contributed by atoms with van der Waals surface area (Å²) in [5.74, 6) is -0.428. The van der Waals surface area contributed by atoms with E-state index in [1.165, 1.54) is 5.56 Å². The number of aryl methyl sites for hydroxylation is 1. The van der Waals surface area contributed by atoms with E-state index in [4.69, 9.17) is 17.3 Å². The van der Waals surface area contributed by atoms with Crippen molar-refractivity contribution in [2.24, 2.45) is 5.73 Å². The molecule has 3 N–H and O–H groups in total. The molecule has 96 valence electrons. The van der Waals surface area contributed by atoms with Gasteiger partial charge < -0.3 is 10.7 Å². The fourth-order valence-corrected chi connectivity index (χ4v) is 3.36. The first-order valence-corrected chi connectivity index (χ1v) is 6.98. The number of hydrogen-bond acceptors (Lipinski definition) is 1. The van der Waals surface area contributed by atoms with Crippen molar-refractivity contribution in [3.8, 4) is 0 Å². The minimum absolute atomic E-state index is 0.186. The van der Waals surface area contributed by atoms with Gasteiger partial charge in [0.2, 0.25) is 5.91 Å². The van der Waals surface area contributed by atoms with Gasteiger partial charge in [-0.2, -0.15) is 0 Å². The average Bonchev–Trinajstić information content (AvgIpc) is 2.74. The number of aromatic amines is 1. The molecule has 1 unspecified atom stereocenters. The Bertz CT molecular complexity index is 696. The predicted molar refractivity (Wildman–Crippen MR) is 84.5 cm³/mol. The molecule has 0 bridgehead atoms. The van der Waals surface area contributed by atoms with Gasteiger partial charge in [-0.15, -0.1) is 0 Å². The fourth-order valence-electron chi connectivity index (χ4n) is 3.11. The second-order valence-electron chi connectivity index (χ2n) is 5.40. The van der Waals surface area contributed by atoms with Gasteiger partial charge in [0.25, 0.3) is 0 Å². The molecule has 3 rings (SSSR count). The normalized spacial score (nSPS) is 18.5. The number of carbonyl (C=O) groups excluding carboxylic acids is 1. The molecule has 0 saturated heterocycles. The number of primary amides is 1. The molecule has 1 aliphatic carbocycles. The number of benzene rings is 1. The van der Waals surface area contributed by atoms with Gasteiger partial charge in [-0.25, -0.2) is 0 Å². The van der Waals surface area contributed by atoms with E-state index in [1.54, 1.807) is 0 Å². The van der Waals surface area contributed by atoms with Crippen molar-refractivity contribution in [2.45, 2.75) is 25.2 Å². The van der Waals surface area contributed by atoms with Crippen molar-refractivity contribution in [1.29, 1.82) is 0 Å². The molecule has 1 aliphatic rings. The van der Waals surface area contributed by atoms with E-state index in [2.05, 4.69) is 12.8 Å². The van der Waals surface area contributed by atoms with E-state index in [-0.39, 0.29) is 11.8 Å². The highest BCUT2D eigenvalue weighted by Gasteiger charge is 2.28. The maximum absolute atomic E-state index is 11.6. The molecule has 0 spiro atoms. The SMILES string of the molecule is Bc1c(Cl)cc2c3c([nH]c2c1B)C(C(N)=O)CCC3. The molecule has 1 atom stereocenters. The Morgan fingerprint density at radius 2 is 2.16 bits per heavy atom. The number of carbonyl (C=O) groups is 1. The summed E-state index contributed by atoms with van der Waals surface area (Å²) in [5.41, 5.74) is 11.1. The number of aromatic nitrogens is 1. The number of rotatable bonds is 1. The van der Waals surface area contributed by atoms with Crippen LogP contribution in [0.2, 0.25) is 5.02 Å². The molecule has 2 aromatic rings. The van der Waals surface area contributed by atoms with E-state index in [0.717, 1.165) is 51.8 Å². The van der Waals surface area contributed by atoms with Crippen LogP contribution >= 0.6 is 11.6 Å². The molecule has 0 radical (unpaired) electrons. The molecule has 1 aromatic heterocycles. The number of nitrogens with one attached hydrogen (secondary N) is 1. The number of hydrogen-bond donors (Lipinski definition) is 2. The Morgan fingerprint density at radius 1 is 1.42 bits per heavy atom. The standard InChI is InChI=1S/C13H15B2ClN2O/c14-9-8(16)4-7-5-2-1-3-6(13(17)19)11(5)18-12(7)10(9)15/h4,6,18H,1-3,14-15H2,(H2,17,19). The van der Waals surface area contributed by atoms with Gasteiger partial charge in [-0.05, 0) is 30.9 Å². The minimum Gasteiger partial charge on any atom is -0.369 e. The van der Waals surface area contributed by atoms with Gasteiger partial charge in [-0.1, -0.05) is 22.5 Å². The average molecular weight is 272 g/mol. The van der Waals surface area contributed by atoms with Gasteiger partial charge in [0.15, 0.2) is 0 Å². The lowest BCUT2D eigenvalue weighted by Gasteiger charge is -2.19. The lowest BCUT2D eigenvalue weighted by Crippen LogP contribution is -2.27. The van der Waals surface area contributed by atoms with Crippen molar-refractivity contribution < 1.29 is 4.79 Å². The summed E-state index contributed by atoms with van der Waals surface area (Å²) in [5, 5.41) is 1.93. The molecule has 0 saturated carbocycles. The molecule has 1 heterocycles. The molecule has 1 aromatic carbocycles. The quantitative estimate of drug-likeness (QED) is 0.659. The summed E-state index contributed by atoms with van der Waals surface area (Å²) in [4.78, 5) is 15.0. The number of amides is 1. The molecule has 0 aliphatic heterocycles. The number of nitrogens with two attached hydrogens (primary N) is 1. The van der Waals surface area contributed by atoms with Crippen LogP contribution in [0.3, 0.4) is 0 Å². The lowest BCUT2D eigenvalue weighted by molar-refractivity contribution is -0.119. The summed E-state index contributed by atoms with van der Waals surface area (Å²) in [7, 11) is 4.08. The molecule has 19 heavy (non-hydrogen) atoms. The van der Waals surface area contributed by atoms with E-state index < -0.39 is 0 Å². The Kier molecular flexibility index (Phi) is 2.90. The molecule has 0 fully saturated rings. The third kappa shape index (κ3) is 1.79. The van der Waals surface area contributed by atoms with Crippen LogP contribution in [0.25, 0.3) is 10.9 Å². The first kappa shape index (κ1) is 12.7. The van der Waals surface area contributed by atoms with Crippen LogP contribution in [0.4, 0.5) is 0 Å². The molecular weight excluding hydrogens is 257 g/mol. The third-order valence-electron chi connectivity index (χ3n) is 4.36. The van der Waals surface area contributed by atoms with Gasteiger partial charge >= 0.3 is 0 Å². The Hall–Kier alpha value is -1.35. The highest BCUT2D eigenvalue weighted by Crippen LogP contribution is 2.35. The van der Waals surface area contributed by atoms with E-state index in [1.807, 2.05) is 13.9 Å². The summed E-state index contributed by atoms with van der Waals surface area (Å²) in [6, 6.07) is 2.01. The van der Waals surface area contributed by atoms with Crippen molar-refractivity contribution >= 4 is 55.0 Å². The summed E-state index contributed by atoms with van der Waals surface area (Å²) in [6.45, 7) is 0. The van der Waals surface area contributed by atoms with Gasteiger partial charge in [0, 0.05) is 21.6 Å². The zero-order chi connectivity index (χ0) is 13.7. The molecular formula is C13H15B2ClN2O. The Morgan fingerprint density at radius 3 is 2.84 bits per heavy atom. The van der Waals surface area contributed by atoms with Crippen LogP contribution in [0.15, 0.2) is 6.07 Å². The highest BCUT2D eigenvalue weighted by molar-refractivity contribution is 6.57. The monoisotopic (exact) mass is 272 g/mol. The third-order valence-corrected chi connectivity index (χ3v) is 4.75. The Balaban J connectivity index is 2.33. The van der Waals surface area contributed by atoms with Crippen molar-refractivity contribution in [3.05, 3.63) is 22.3 Å². The number of halogens is 1. The van der Waals surface area contributed by atoms with E-state index >= 15 is 0 Å². The maximum Gasteiger partial charge on any atom is 0.226 e. The Labute approximate surface area is 118 Å². The summed E-state index contributed by atoms with van der Waals surface area (Å²) >= 11 is 6.29. The fraction of sp³-hybridized carbons (Fsp3) is 0.308. The topological polar surface area (TPSA) is 58.9 Å². The van der Waals surface area contributed by atoms with Crippen LogP contribution in [-0.4, -0.2) is 26.6 Å². The van der Waals surface area contributed by atoms with Crippen LogP contribution in [0, 0.1) is 0 Å². The molecule has 3 nitrogen and oxygen atoms in total. The highest BCUT2D eigenvalue weighted by atomic mass is 35.5. The van der Waals surface area contributed by atoms with Crippen LogP contribution in [0.5, 0.6) is 0 Å². The largest absolute Gasteiger partial charge is 0.369 e. The first-order valence-electron chi connectivity index (χ1n) is 6.60. The second-order valence-corrected chi connectivity index (χ2v) is 5.80. The van der Waals surface area contributed by atoms with Gasteiger partial charge in [-0.3, -0.25) is 4.79 Å². The summed E-state index contributed by atoms with van der Waals surface area (Å²) < 4.78 is 0. The van der Waals surface area contributed by atoms with E-state index in [0.29, 0.717) is 0 Å². The second kappa shape index (κ2) is 4.34. The van der Waals surface area contributed by atoms with Crippen LogP contribution < -0.4 is 16.7 Å². The van der Waals surface area contributed by atoms with Gasteiger partial charge in [0.1, 0.15) is 15.7 Å². The van der Waals surface area contributed by atoms with Crippen LogP contribution in [-0.2, 0) is 11.2 Å². The predicted octanol–water partition coefficient (Wildman–Crippen LogP) is -0.757. The first-order chi connectivity index (χ1) is 9.00. The lowest BCUT2D eigenvalue weighted by atomic mass is 9.78. The molecule has 1 amide bonds. The number of H-pyrrole nitrogens is 1.